The normalized spacial score (nSPS) is 27.7. The highest BCUT2D eigenvalue weighted by Crippen LogP contribution is 2.43. The van der Waals surface area contributed by atoms with Gasteiger partial charge in [-0.15, -0.1) is 0 Å². The molecule has 1 saturated carbocycles. The van der Waals surface area contributed by atoms with Gasteiger partial charge in [0.2, 0.25) is 5.91 Å². The predicted molar refractivity (Wildman–Crippen MR) is 103 cm³/mol. The van der Waals surface area contributed by atoms with Crippen LogP contribution in [-0.4, -0.2) is 55.3 Å². The number of nitrogens with one attached hydrogen (secondary N) is 1. The number of halogens is 1. The van der Waals surface area contributed by atoms with Crippen LogP contribution in [0.25, 0.3) is 0 Å². The Balaban J connectivity index is 1.87. The lowest BCUT2D eigenvalue weighted by Crippen LogP contribution is -2.57. The van der Waals surface area contributed by atoms with Crippen LogP contribution in [0.4, 0.5) is 0 Å². The van der Waals surface area contributed by atoms with Crippen LogP contribution in [0.15, 0.2) is 24.3 Å². The first kappa shape index (κ1) is 20.1. The molecule has 1 aromatic carbocycles. The Morgan fingerprint density at radius 1 is 1.37 bits per heavy atom. The Labute approximate surface area is 165 Å². The summed E-state index contributed by atoms with van der Waals surface area (Å²) in [4.78, 5) is 27.8. The zero-order valence-corrected chi connectivity index (χ0v) is 16.6. The van der Waals surface area contributed by atoms with Gasteiger partial charge in [0.05, 0.1) is 13.2 Å². The topological polar surface area (TPSA) is 67.9 Å². The standard InChI is InChI=1S/C20H27ClN2O4/c1-14-6-8-20(9-7-14)23(19(25)15-4-3-5-16(21)12-15)17(13-27-20)18(24)22-10-11-26-2/h3-5,12,14,17H,6-11,13H2,1-2H3,(H,22,24). The molecule has 27 heavy (non-hydrogen) atoms. The van der Waals surface area contributed by atoms with E-state index in [1.807, 2.05) is 0 Å². The number of benzene rings is 1. The monoisotopic (exact) mass is 394 g/mol. The minimum absolute atomic E-state index is 0.208. The molecule has 7 heteroatoms. The molecule has 1 N–H and O–H groups in total. The van der Waals surface area contributed by atoms with Crippen molar-refractivity contribution in [3.63, 3.8) is 0 Å². The van der Waals surface area contributed by atoms with Gasteiger partial charge >= 0.3 is 0 Å². The number of hydrogen-bond acceptors (Lipinski definition) is 4. The van der Waals surface area contributed by atoms with E-state index in [1.54, 1.807) is 36.3 Å². The molecule has 1 spiro atoms. The first-order valence-electron chi connectivity index (χ1n) is 9.47. The lowest BCUT2D eigenvalue weighted by molar-refractivity contribution is -0.128. The number of amides is 2. The van der Waals surface area contributed by atoms with E-state index in [2.05, 4.69) is 12.2 Å². The Kier molecular flexibility index (Phi) is 6.40. The van der Waals surface area contributed by atoms with Crippen LogP contribution in [0.5, 0.6) is 0 Å². The van der Waals surface area contributed by atoms with Crippen LogP contribution in [-0.2, 0) is 14.3 Å². The summed E-state index contributed by atoms with van der Waals surface area (Å²) in [5, 5.41) is 3.33. The lowest BCUT2D eigenvalue weighted by atomic mass is 9.83. The molecule has 3 rings (SSSR count). The highest BCUT2D eigenvalue weighted by Gasteiger charge is 2.53. The van der Waals surface area contributed by atoms with Crippen molar-refractivity contribution in [3.05, 3.63) is 34.9 Å². The Morgan fingerprint density at radius 2 is 2.11 bits per heavy atom. The van der Waals surface area contributed by atoms with Gasteiger partial charge in [-0.1, -0.05) is 24.6 Å². The molecular weight excluding hydrogens is 368 g/mol. The summed E-state index contributed by atoms with van der Waals surface area (Å²) in [7, 11) is 1.58. The quantitative estimate of drug-likeness (QED) is 0.780. The van der Waals surface area contributed by atoms with Gasteiger partial charge in [-0.25, -0.2) is 0 Å². The minimum Gasteiger partial charge on any atom is -0.383 e. The molecule has 2 fully saturated rings. The SMILES string of the molecule is COCCNC(=O)C1COC2(CCC(C)CC2)N1C(=O)c1cccc(Cl)c1. The van der Waals surface area contributed by atoms with Gasteiger partial charge in [-0.2, -0.15) is 0 Å². The van der Waals surface area contributed by atoms with E-state index in [-0.39, 0.29) is 18.4 Å². The van der Waals surface area contributed by atoms with E-state index in [0.717, 1.165) is 25.7 Å². The van der Waals surface area contributed by atoms with Crippen molar-refractivity contribution < 1.29 is 19.1 Å². The van der Waals surface area contributed by atoms with E-state index < -0.39 is 11.8 Å². The summed E-state index contributed by atoms with van der Waals surface area (Å²) in [5.41, 5.74) is -0.240. The van der Waals surface area contributed by atoms with Crippen molar-refractivity contribution in [2.45, 2.75) is 44.4 Å². The molecule has 1 unspecified atom stereocenters. The molecule has 2 aliphatic rings. The molecule has 0 bridgehead atoms. The first-order chi connectivity index (χ1) is 13.0. The lowest BCUT2D eigenvalue weighted by Gasteiger charge is -2.43. The van der Waals surface area contributed by atoms with Crippen LogP contribution in [0.2, 0.25) is 5.02 Å². The predicted octanol–water partition coefficient (Wildman–Crippen LogP) is 2.85. The number of rotatable bonds is 5. The molecule has 1 atom stereocenters. The third-order valence-corrected chi connectivity index (χ3v) is 5.75. The van der Waals surface area contributed by atoms with E-state index in [1.165, 1.54) is 0 Å². The van der Waals surface area contributed by atoms with Gasteiger partial charge in [0, 0.05) is 24.2 Å². The number of carbonyl (C=O) groups is 2. The molecule has 0 radical (unpaired) electrons. The third-order valence-electron chi connectivity index (χ3n) is 5.51. The van der Waals surface area contributed by atoms with Crippen LogP contribution < -0.4 is 5.32 Å². The van der Waals surface area contributed by atoms with Crippen molar-refractivity contribution in [2.75, 3.05) is 26.9 Å². The maximum absolute atomic E-state index is 13.4. The molecule has 1 aliphatic heterocycles. The van der Waals surface area contributed by atoms with Crippen LogP contribution >= 0.6 is 11.6 Å². The van der Waals surface area contributed by atoms with E-state index in [4.69, 9.17) is 21.1 Å². The fourth-order valence-corrected chi connectivity index (χ4v) is 4.13. The van der Waals surface area contributed by atoms with Gasteiger partial charge in [-0.05, 0) is 49.8 Å². The number of methoxy groups -OCH3 is 1. The maximum Gasteiger partial charge on any atom is 0.256 e. The molecule has 1 heterocycles. The average Bonchev–Trinajstić information content (AvgIpc) is 3.03. The number of ether oxygens (including phenoxy) is 2. The van der Waals surface area contributed by atoms with Gasteiger partial charge in [0.15, 0.2) is 0 Å². The van der Waals surface area contributed by atoms with E-state index in [0.29, 0.717) is 29.7 Å². The second-order valence-corrected chi connectivity index (χ2v) is 7.86. The van der Waals surface area contributed by atoms with Crippen molar-refractivity contribution >= 4 is 23.4 Å². The van der Waals surface area contributed by atoms with Crippen molar-refractivity contribution in [2.24, 2.45) is 5.92 Å². The van der Waals surface area contributed by atoms with Gasteiger partial charge in [0.1, 0.15) is 11.8 Å². The van der Waals surface area contributed by atoms with E-state index >= 15 is 0 Å². The molecule has 2 amide bonds. The summed E-state index contributed by atoms with van der Waals surface area (Å²) in [6, 6.07) is 6.19. The largest absolute Gasteiger partial charge is 0.383 e. The Morgan fingerprint density at radius 3 is 2.78 bits per heavy atom. The third kappa shape index (κ3) is 4.28. The number of hydrogen-bond donors (Lipinski definition) is 1. The van der Waals surface area contributed by atoms with Crippen LogP contribution in [0, 0.1) is 5.92 Å². The molecule has 1 aliphatic carbocycles. The van der Waals surface area contributed by atoms with Gasteiger partial charge in [0.25, 0.3) is 5.91 Å². The molecule has 1 aromatic rings. The highest BCUT2D eigenvalue weighted by molar-refractivity contribution is 6.31. The molecule has 148 valence electrons. The summed E-state index contributed by atoms with van der Waals surface area (Å²) < 4.78 is 11.1. The zero-order valence-electron chi connectivity index (χ0n) is 15.9. The van der Waals surface area contributed by atoms with Crippen molar-refractivity contribution in [1.29, 1.82) is 0 Å². The van der Waals surface area contributed by atoms with Crippen molar-refractivity contribution in [1.82, 2.24) is 10.2 Å². The molecule has 6 nitrogen and oxygen atoms in total. The Hall–Kier alpha value is -1.63. The van der Waals surface area contributed by atoms with Crippen molar-refractivity contribution in [3.8, 4) is 0 Å². The van der Waals surface area contributed by atoms with E-state index in [9.17, 15) is 9.59 Å². The van der Waals surface area contributed by atoms with Crippen LogP contribution in [0.3, 0.4) is 0 Å². The Bertz CT molecular complexity index is 688. The summed E-state index contributed by atoms with van der Waals surface area (Å²) >= 11 is 6.08. The molecular formula is C20H27ClN2O4. The molecule has 0 aromatic heterocycles. The summed E-state index contributed by atoms with van der Waals surface area (Å²) in [5.74, 6) is 0.172. The highest BCUT2D eigenvalue weighted by atomic mass is 35.5. The second-order valence-electron chi connectivity index (χ2n) is 7.42. The summed E-state index contributed by atoms with van der Waals surface area (Å²) in [6.07, 6.45) is 3.42. The molecule has 1 saturated heterocycles. The zero-order chi connectivity index (χ0) is 19.4. The van der Waals surface area contributed by atoms with Crippen LogP contribution in [0.1, 0.15) is 43.0 Å². The fraction of sp³-hybridized carbons (Fsp3) is 0.600. The van der Waals surface area contributed by atoms with Gasteiger partial charge in [-0.3, -0.25) is 14.5 Å². The number of carbonyl (C=O) groups excluding carboxylic acids is 2. The minimum atomic E-state index is -0.713. The van der Waals surface area contributed by atoms with Gasteiger partial charge < -0.3 is 14.8 Å². The fourth-order valence-electron chi connectivity index (χ4n) is 3.93. The first-order valence-corrected chi connectivity index (χ1v) is 9.84. The second kappa shape index (κ2) is 8.59. The smallest absolute Gasteiger partial charge is 0.256 e. The summed E-state index contributed by atoms with van der Waals surface area (Å²) in [6.45, 7) is 3.23. The maximum atomic E-state index is 13.4. The number of nitrogens with zero attached hydrogens (tertiary/aromatic N) is 1. The average molecular weight is 395 g/mol.